The molecule has 0 saturated heterocycles. The van der Waals surface area contributed by atoms with Crippen molar-refractivity contribution in [1.82, 2.24) is 0 Å². The second-order valence-electron chi connectivity index (χ2n) is 5.96. The number of rotatable bonds is 2. The molecule has 0 bridgehead atoms. The number of aliphatic hydroxyl groups excluding tert-OH is 1. The van der Waals surface area contributed by atoms with E-state index in [1.807, 2.05) is 6.92 Å². The molecule has 1 heterocycles. The Labute approximate surface area is 107 Å². The Bertz CT molecular complexity index is 456. The maximum absolute atomic E-state index is 13.3. The smallest absolute Gasteiger partial charge is 0.128 e. The molecule has 0 spiro atoms. The Morgan fingerprint density at radius 1 is 1.44 bits per heavy atom. The van der Waals surface area contributed by atoms with Crippen molar-refractivity contribution in [3.05, 3.63) is 29.6 Å². The lowest BCUT2D eigenvalue weighted by Crippen LogP contribution is -2.41. The molecule has 1 fully saturated rings. The van der Waals surface area contributed by atoms with Crippen LogP contribution in [-0.4, -0.2) is 10.7 Å². The summed E-state index contributed by atoms with van der Waals surface area (Å²) in [6.07, 6.45) is 4.83. The van der Waals surface area contributed by atoms with Gasteiger partial charge in [0, 0.05) is 18.1 Å². The van der Waals surface area contributed by atoms with E-state index in [9.17, 15) is 9.50 Å². The van der Waals surface area contributed by atoms with Crippen molar-refractivity contribution in [3.8, 4) is 5.75 Å². The van der Waals surface area contributed by atoms with Crippen LogP contribution in [0.5, 0.6) is 5.75 Å². The number of hydrogen-bond acceptors (Lipinski definition) is 2. The van der Waals surface area contributed by atoms with Crippen LogP contribution in [0.1, 0.15) is 50.7 Å². The summed E-state index contributed by atoms with van der Waals surface area (Å²) in [6, 6.07) is 4.38. The molecule has 1 aromatic rings. The van der Waals surface area contributed by atoms with Crippen LogP contribution >= 0.6 is 0 Å². The molecule has 98 valence electrons. The predicted molar refractivity (Wildman–Crippen MR) is 67.0 cm³/mol. The van der Waals surface area contributed by atoms with Crippen LogP contribution < -0.4 is 4.74 Å². The second kappa shape index (κ2) is 4.23. The summed E-state index contributed by atoms with van der Waals surface area (Å²) in [5.74, 6) is 0.904. The van der Waals surface area contributed by atoms with Gasteiger partial charge in [-0.05, 0) is 31.4 Å². The number of halogens is 1. The predicted octanol–water partition coefficient (Wildman–Crippen LogP) is 3.59. The molecule has 2 unspecified atom stereocenters. The highest BCUT2D eigenvalue weighted by Gasteiger charge is 2.39. The third-order valence-electron chi connectivity index (χ3n) is 4.26. The van der Waals surface area contributed by atoms with Crippen molar-refractivity contribution in [2.75, 3.05) is 0 Å². The van der Waals surface area contributed by atoms with Gasteiger partial charge < -0.3 is 9.84 Å². The minimum Gasteiger partial charge on any atom is -0.487 e. The van der Waals surface area contributed by atoms with Gasteiger partial charge in [-0.15, -0.1) is 0 Å². The van der Waals surface area contributed by atoms with Gasteiger partial charge in [0.25, 0.3) is 0 Å². The van der Waals surface area contributed by atoms with Crippen molar-refractivity contribution < 1.29 is 14.2 Å². The topological polar surface area (TPSA) is 29.5 Å². The minimum absolute atomic E-state index is 0.311. The Balaban J connectivity index is 1.84. The Kier molecular flexibility index (Phi) is 2.81. The normalized spacial score (nSPS) is 31.4. The van der Waals surface area contributed by atoms with E-state index in [1.54, 1.807) is 6.07 Å². The standard InChI is InChI=1S/C15H19FO2/c1-15(8-10-3-2-4-10)9-13(17)12-6-5-11(16)7-14(12)18-15/h5-7,10,13,17H,2-4,8-9H2,1H3. The van der Waals surface area contributed by atoms with Gasteiger partial charge in [-0.25, -0.2) is 4.39 Å². The summed E-state index contributed by atoms with van der Waals surface area (Å²) in [5.41, 5.74) is 0.355. The van der Waals surface area contributed by atoms with E-state index in [-0.39, 0.29) is 11.4 Å². The Morgan fingerprint density at radius 3 is 2.89 bits per heavy atom. The molecule has 0 amide bonds. The first-order valence-corrected chi connectivity index (χ1v) is 6.72. The molecule has 2 aliphatic rings. The van der Waals surface area contributed by atoms with Gasteiger partial charge in [0.15, 0.2) is 0 Å². The highest BCUT2D eigenvalue weighted by molar-refractivity contribution is 5.38. The van der Waals surface area contributed by atoms with Gasteiger partial charge in [-0.2, -0.15) is 0 Å². The number of benzene rings is 1. The fourth-order valence-electron chi connectivity index (χ4n) is 3.13. The van der Waals surface area contributed by atoms with Crippen molar-refractivity contribution in [1.29, 1.82) is 0 Å². The van der Waals surface area contributed by atoms with Crippen LogP contribution in [0.15, 0.2) is 18.2 Å². The molecular weight excluding hydrogens is 231 g/mol. The molecule has 3 heteroatoms. The maximum atomic E-state index is 13.3. The maximum Gasteiger partial charge on any atom is 0.128 e. The third-order valence-corrected chi connectivity index (χ3v) is 4.26. The summed E-state index contributed by atoms with van der Waals surface area (Å²) < 4.78 is 19.2. The lowest BCUT2D eigenvalue weighted by atomic mass is 9.75. The summed E-state index contributed by atoms with van der Waals surface area (Å²) in [6.45, 7) is 2.03. The van der Waals surface area contributed by atoms with Crippen LogP contribution in [0.4, 0.5) is 4.39 Å². The lowest BCUT2D eigenvalue weighted by Gasteiger charge is -2.42. The van der Waals surface area contributed by atoms with Crippen LogP contribution in [0.2, 0.25) is 0 Å². The lowest BCUT2D eigenvalue weighted by molar-refractivity contribution is -0.0250. The van der Waals surface area contributed by atoms with Crippen LogP contribution in [-0.2, 0) is 0 Å². The molecule has 0 radical (unpaired) electrons. The summed E-state index contributed by atoms with van der Waals surface area (Å²) >= 11 is 0. The van der Waals surface area contributed by atoms with E-state index in [4.69, 9.17) is 4.74 Å². The molecule has 0 aromatic heterocycles. The zero-order valence-corrected chi connectivity index (χ0v) is 10.7. The van der Waals surface area contributed by atoms with Crippen molar-refractivity contribution in [2.45, 2.75) is 50.7 Å². The molecule has 2 nitrogen and oxygen atoms in total. The van der Waals surface area contributed by atoms with E-state index < -0.39 is 6.10 Å². The molecule has 3 rings (SSSR count). The van der Waals surface area contributed by atoms with Crippen LogP contribution in [0, 0.1) is 11.7 Å². The number of ether oxygens (including phenoxy) is 1. The zero-order valence-electron chi connectivity index (χ0n) is 10.7. The summed E-state index contributed by atoms with van der Waals surface area (Å²) in [4.78, 5) is 0. The third kappa shape index (κ3) is 2.12. The molecule has 2 atom stereocenters. The second-order valence-corrected chi connectivity index (χ2v) is 5.96. The number of fused-ring (bicyclic) bond motifs is 1. The number of aliphatic hydroxyl groups is 1. The average molecular weight is 250 g/mol. The summed E-state index contributed by atoms with van der Waals surface area (Å²) in [7, 11) is 0. The van der Waals surface area contributed by atoms with Gasteiger partial charge in [-0.3, -0.25) is 0 Å². The highest BCUT2D eigenvalue weighted by atomic mass is 19.1. The van der Waals surface area contributed by atoms with E-state index >= 15 is 0 Å². The molecule has 1 N–H and O–H groups in total. The van der Waals surface area contributed by atoms with Crippen LogP contribution in [0.25, 0.3) is 0 Å². The SMILES string of the molecule is CC1(CC2CCC2)CC(O)c2ccc(F)cc2O1. The molecule has 1 aromatic carbocycles. The molecule has 1 aliphatic heterocycles. The van der Waals surface area contributed by atoms with Crippen LogP contribution in [0.3, 0.4) is 0 Å². The fraction of sp³-hybridized carbons (Fsp3) is 0.600. The fourth-order valence-corrected chi connectivity index (χ4v) is 3.13. The number of hydrogen-bond donors (Lipinski definition) is 1. The Hall–Kier alpha value is -1.09. The molecular formula is C15H19FO2. The van der Waals surface area contributed by atoms with Crippen molar-refractivity contribution in [2.24, 2.45) is 5.92 Å². The van der Waals surface area contributed by atoms with Gasteiger partial charge in [-0.1, -0.05) is 19.3 Å². The molecule has 1 saturated carbocycles. The summed E-state index contributed by atoms with van der Waals surface area (Å²) in [5, 5.41) is 10.2. The van der Waals surface area contributed by atoms with E-state index in [1.165, 1.54) is 31.4 Å². The monoisotopic (exact) mass is 250 g/mol. The quantitative estimate of drug-likeness (QED) is 0.869. The van der Waals surface area contributed by atoms with Gasteiger partial charge in [0.05, 0.1) is 6.10 Å². The van der Waals surface area contributed by atoms with E-state index in [0.29, 0.717) is 23.7 Å². The van der Waals surface area contributed by atoms with Crippen molar-refractivity contribution in [3.63, 3.8) is 0 Å². The van der Waals surface area contributed by atoms with Gasteiger partial charge >= 0.3 is 0 Å². The largest absolute Gasteiger partial charge is 0.487 e. The first-order valence-electron chi connectivity index (χ1n) is 6.72. The Morgan fingerprint density at radius 2 is 2.22 bits per heavy atom. The average Bonchev–Trinajstić information content (AvgIpc) is 2.23. The van der Waals surface area contributed by atoms with E-state index in [2.05, 4.69) is 0 Å². The minimum atomic E-state index is -0.542. The molecule has 18 heavy (non-hydrogen) atoms. The first-order chi connectivity index (χ1) is 8.56. The van der Waals surface area contributed by atoms with E-state index in [0.717, 1.165) is 6.42 Å². The zero-order chi connectivity index (χ0) is 12.8. The van der Waals surface area contributed by atoms with Gasteiger partial charge in [0.2, 0.25) is 0 Å². The molecule has 1 aliphatic carbocycles. The first kappa shape index (κ1) is 12.0. The highest BCUT2D eigenvalue weighted by Crippen LogP contribution is 2.45. The van der Waals surface area contributed by atoms with Gasteiger partial charge in [0.1, 0.15) is 17.2 Å². The van der Waals surface area contributed by atoms with Crippen molar-refractivity contribution >= 4 is 0 Å².